The first-order chi connectivity index (χ1) is 8.85. The Morgan fingerprint density at radius 2 is 2.22 bits per heavy atom. The number of benzene rings is 1. The maximum absolute atomic E-state index is 4.58. The number of para-hydroxylation sites is 2. The van der Waals surface area contributed by atoms with Crippen molar-refractivity contribution in [1.82, 2.24) is 15.3 Å². The molecule has 1 aliphatic rings. The first-order valence-electron chi connectivity index (χ1n) is 6.58. The highest BCUT2D eigenvalue weighted by molar-refractivity contribution is 5.85. The Kier molecular flexibility index (Phi) is 3.00. The molecule has 0 saturated carbocycles. The Labute approximate surface area is 107 Å². The van der Waals surface area contributed by atoms with Crippen molar-refractivity contribution in [3.63, 3.8) is 0 Å². The lowest BCUT2D eigenvalue weighted by Gasteiger charge is -2.23. The van der Waals surface area contributed by atoms with E-state index in [-0.39, 0.29) is 0 Å². The van der Waals surface area contributed by atoms with Gasteiger partial charge in [0.2, 0.25) is 0 Å². The Bertz CT molecular complexity index is 537. The lowest BCUT2D eigenvalue weighted by atomic mass is 10.1. The molecule has 0 spiro atoms. The van der Waals surface area contributed by atoms with Crippen LogP contribution in [-0.2, 0) is 6.42 Å². The molecule has 4 heteroatoms. The van der Waals surface area contributed by atoms with Crippen molar-refractivity contribution in [3.05, 3.63) is 30.1 Å². The number of amidine groups is 1. The van der Waals surface area contributed by atoms with Gasteiger partial charge in [0.1, 0.15) is 11.7 Å². The van der Waals surface area contributed by atoms with Crippen molar-refractivity contribution in [2.24, 2.45) is 4.99 Å². The van der Waals surface area contributed by atoms with Gasteiger partial charge in [0.15, 0.2) is 0 Å². The molecule has 2 N–H and O–H groups in total. The van der Waals surface area contributed by atoms with E-state index in [1.54, 1.807) is 0 Å². The summed E-state index contributed by atoms with van der Waals surface area (Å²) in [5.74, 6) is 2.05. The third-order valence-electron chi connectivity index (χ3n) is 3.42. The van der Waals surface area contributed by atoms with Crippen LogP contribution in [0.25, 0.3) is 11.0 Å². The highest BCUT2D eigenvalue weighted by atomic mass is 15.1. The van der Waals surface area contributed by atoms with Crippen LogP contribution in [0.2, 0.25) is 0 Å². The van der Waals surface area contributed by atoms with E-state index in [9.17, 15) is 0 Å². The van der Waals surface area contributed by atoms with E-state index in [2.05, 4.69) is 33.3 Å². The summed E-state index contributed by atoms with van der Waals surface area (Å²) < 4.78 is 0. The van der Waals surface area contributed by atoms with E-state index < -0.39 is 0 Å². The first-order valence-corrected chi connectivity index (χ1v) is 6.58. The summed E-state index contributed by atoms with van der Waals surface area (Å²) in [4.78, 5) is 12.5. The molecule has 2 aromatic rings. The van der Waals surface area contributed by atoms with E-state index in [4.69, 9.17) is 0 Å². The molecule has 0 fully saturated rings. The molecule has 1 aliphatic heterocycles. The zero-order valence-electron chi connectivity index (χ0n) is 10.6. The van der Waals surface area contributed by atoms with Gasteiger partial charge in [-0.15, -0.1) is 0 Å². The number of aromatic amines is 1. The molecule has 94 valence electrons. The first kappa shape index (κ1) is 11.3. The second kappa shape index (κ2) is 4.80. The monoisotopic (exact) mass is 242 g/mol. The second-order valence-electron chi connectivity index (χ2n) is 4.74. The standard InChI is InChI=1S/C14H18N4/c1-2-10-7-8-15-13(16-10)9-14-17-11-5-3-4-6-12(11)18-14/h3-6,10H,2,7-9H2,1H3,(H,15,16)(H,17,18). The minimum Gasteiger partial charge on any atom is -0.371 e. The fraction of sp³-hybridized carbons (Fsp3) is 0.429. The quantitative estimate of drug-likeness (QED) is 0.867. The van der Waals surface area contributed by atoms with E-state index in [1.165, 1.54) is 0 Å². The number of imidazole rings is 1. The number of hydrogen-bond donors (Lipinski definition) is 2. The predicted molar refractivity (Wildman–Crippen MR) is 73.9 cm³/mol. The molecule has 1 aromatic heterocycles. The third kappa shape index (κ3) is 2.23. The van der Waals surface area contributed by atoms with Gasteiger partial charge in [-0.2, -0.15) is 0 Å². The van der Waals surface area contributed by atoms with Gasteiger partial charge in [-0.25, -0.2) is 4.98 Å². The molecule has 1 unspecified atom stereocenters. The van der Waals surface area contributed by atoms with Crippen molar-refractivity contribution in [3.8, 4) is 0 Å². The van der Waals surface area contributed by atoms with E-state index in [0.717, 1.165) is 48.5 Å². The number of hydrogen-bond acceptors (Lipinski definition) is 3. The van der Waals surface area contributed by atoms with Crippen LogP contribution in [0.15, 0.2) is 29.3 Å². The Morgan fingerprint density at radius 1 is 1.33 bits per heavy atom. The van der Waals surface area contributed by atoms with Crippen LogP contribution >= 0.6 is 0 Å². The van der Waals surface area contributed by atoms with Crippen LogP contribution < -0.4 is 5.32 Å². The largest absolute Gasteiger partial charge is 0.371 e. The number of nitrogens with one attached hydrogen (secondary N) is 2. The number of rotatable bonds is 3. The smallest absolute Gasteiger partial charge is 0.114 e. The SMILES string of the molecule is CCC1CCN=C(Cc2nc3ccccc3[nH]2)N1. The predicted octanol–water partition coefficient (Wildman–Crippen LogP) is 2.28. The van der Waals surface area contributed by atoms with E-state index >= 15 is 0 Å². The van der Waals surface area contributed by atoms with Gasteiger partial charge in [0, 0.05) is 12.6 Å². The fourth-order valence-electron chi connectivity index (χ4n) is 2.37. The highest BCUT2D eigenvalue weighted by Gasteiger charge is 2.14. The molecule has 1 aromatic carbocycles. The summed E-state index contributed by atoms with van der Waals surface area (Å²) in [6.45, 7) is 3.14. The van der Waals surface area contributed by atoms with Gasteiger partial charge in [-0.05, 0) is 25.0 Å². The Balaban J connectivity index is 1.78. The molecule has 4 nitrogen and oxygen atoms in total. The molecule has 0 amide bonds. The minimum absolute atomic E-state index is 0.571. The number of fused-ring (bicyclic) bond motifs is 1. The normalized spacial score (nSPS) is 19.6. The van der Waals surface area contributed by atoms with Crippen LogP contribution in [0.3, 0.4) is 0 Å². The zero-order chi connectivity index (χ0) is 12.4. The molecule has 0 radical (unpaired) electrons. The Morgan fingerprint density at radius 3 is 3.06 bits per heavy atom. The maximum Gasteiger partial charge on any atom is 0.114 e. The molecule has 18 heavy (non-hydrogen) atoms. The van der Waals surface area contributed by atoms with Crippen LogP contribution in [0.4, 0.5) is 0 Å². The van der Waals surface area contributed by atoms with Crippen molar-refractivity contribution in [2.45, 2.75) is 32.2 Å². The summed E-state index contributed by atoms with van der Waals surface area (Å²) in [6.07, 6.45) is 3.06. The Hall–Kier alpha value is -1.84. The van der Waals surface area contributed by atoms with Crippen molar-refractivity contribution >= 4 is 16.9 Å². The van der Waals surface area contributed by atoms with Gasteiger partial charge < -0.3 is 10.3 Å². The van der Waals surface area contributed by atoms with Gasteiger partial charge in [0.05, 0.1) is 17.5 Å². The van der Waals surface area contributed by atoms with Gasteiger partial charge >= 0.3 is 0 Å². The summed E-state index contributed by atoms with van der Waals surface area (Å²) in [5, 5.41) is 3.49. The van der Waals surface area contributed by atoms with Crippen molar-refractivity contribution in [1.29, 1.82) is 0 Å². The fourth-order valence-corrected chi connectivity index (χ4v) is 2.37. The van der Waals surface area contributed by atoms with Gasteiger partial charge in [0.25, 0.3) is 0 Å². The molecule has 0 saturated heterocycles. The average Bonchev–Trinajstić information content (AvgIpc) is 2.81. The molecule has 0 aliphatic carbocycles. The number of aliphatic imine (C=N–C) groups is 1. The molecular formula is C14H18N4. The average molecular weight is 242 g/mol. The molecular weight excluding hydrogens is 224 g/mol. The van der Waals surface area contributed by atoms with Crippen LogP contribution in [-0.4, -0.2) is 28.4 Å². The highest BCUT2D eigenvalue weighted by Crippen LogP contribution is 2.12. The molecule has 3 rings (SSSR count). The molecule has 1 atom stereocenters. The number of H-pyrrole nitrogens is 1. The van der Waals surface area contributed by atoms with Crippen LogP contribution in [0.5, 0.6) is 0 Å². The third-order valence-corrected chi connectivity index (χ3v) is 3.42. The summed E-state index contributed by atoms with van der Waals surface area (Å²) in [5.41, 5.74) is 2.12. The van der Waals surface area contributed by atoms with Crippen LogP contribution in [0.1, 0.15) is 25.6 Å². The minimum atomic E-state index is 0.571. The van der Waals surface area contributed by atoms with Gasteiger partial charge in [-0.1, -0.05) is 19.1 Å². The van der Waals surface area contributed by atoms with Crippen molar-refractivity contribution in [2.75, 3.05) is 6.54 Å². The van der Waals surface area contributed by atoms with Crippen molar-refractivity contribution < 1.29 is 0 Å². The summed E-state index contributed by atoms with van der Waals surface area (Å²) in [6, 6.07) is 8.68. The lowest BCUT2D eigenvalue weighted by molar-refractivity contribution is 0.525. The molecule has 2 heterocycles. The number of nitrogens with zero attached hydrogens (tertiary/aromatic N) is 2. The second-order valence-corrected chi connectivity index (χ2v) is 4.74. The topological polar surface area (TPSA) is 53.1 Å². The van der Waals surface area contributed by atoms with Gasteiger partial charge in [-0.3, -0.25) is 4.99 Å². The maximum atomic E-state index is 4.58. The summed E-state index contributed by atoms with van der Waals surface area (Å²) >= 11 is 0. The molecule has 0 bridgehead atoms. The summed E-state index contributed by atoms with van der Waals surface area (Å²) in [7, 11) is 0. The lowest BCUT2D eigenvalue weighted by Crippen LogP contribution is -2.39. The number of aromatic nitrogens is 2. The van der Waals surface area contributed by atoms with E-state index in [0.29, 0.717) is 6.04 Å². The van der Waals surface area contributed by atoms with E-state index in [1.807, 2.05) is 18.2 Å². The zero-order valence-corrected chi connectivity index (χ0v) is 10.6. The van der Waals surface area contributed by atoms with Crippen LogP contribution in [0, 0.1) is 0 Å².